The second-order valence-corrected chi connectivity index (χ2v) is 7.43. The topological polar surface area (TPSA) is 299 Å². The summed E-state index contributed by atoms with van der Waals surface area (Å²) in [6, 6.07) is -5.70. The average molecular weight is 491 g/mol. The Morgan fingerprint density at radius 1 is 0.912 bits per heavy atom. The van der Waals surface area contributed by atoms with Crippen molar-refractivity contribution in [1.82, 2.24) is 16.0 Å². The second kappa shape index (κ2) is 15.4. The number of amides is 4. The zero-order chi connectivity index (χ0) is 26.4. The van der Waals surface area contributed by atoms with Gasteiger partial charge in [-0.25, -0.2) is 4.79 Å². The summed E-state index contributed by atoms with van der Waals surface area (Å²) >= 11 is 0. The lowest BCUT2D eigenvalue weighted by Gasteiger charge is -2.25. The van der Waals surface area contributed by atoms with Gasteiger partial charge in [-0.1, -0.05) is 0 Å². The molecule has 5 unspecified atom stereocenters. The van der Waals surface area contributed by atoms with Crippen LogP contribution >= 0.6 is 0 Å². The van der Waals surface area contributed by atoms with Gasteiger partial charge >= 0.3 is 5.97 Å². The normalized spacial score (nSPS) is 15.1. The van der Waals surface area contributed by atoms with Crippen molar-refractivity contribution in [2.75, 3.05) is 13.2 Å². The molecule has 5 atom stereocenters. The predicted octanol–water partition coefficient (Wildman–Crippen LogP) is -5.46. The zero-order valence-corrected chi connectivity index (χ0v) is 18.8. The Kier molecular flexibility index (Phi) is 13.8. The van der Waals surface area contributed by atoms with Crippen LogP contribution < -0.4 is 38.9 Å². The van der Waals surface area contributed by atoms with Crippen molar-refractivity contribution in [3.8, 4) is 0 Å². The molecule has 16 heteroatoms. The van der Waals surface area contributed by atoms with E-state index in [1.54, 1.807) is 0 Å². The Morgan fingerprint density at radius 3 is 1.94 bits per heavy atom. The van der Waals surface area contributed by atoms with E-state index in [1.165, 1.54) is 0 Å². The number of carboxylic acids is 1. The third-order valence-corrected chi connectivity index (χ3v) is 4.48. The maximum absolute atomic E-state index is 12.5. The Bertz CT molecular complexity index is 756. The van der Waals surface area contributed by atoms with Gasteiger partial charge in [0.25, 0.3) is 0 Å². The van der Waals surface area contributed by atoms with Gasteiger partial charge in [0.15, 0.2) is 12.0 Å². The molecule has 0 aromatic rings. The molecule has 0 aliphatic carbocycles. The van der Waals surface area contributed by atoms with Crippen LogP contribution in [0.25, 0.3) is 0 Å². The zero-order valence-electron chi connectivity index (χ0n) is 18.8. The summed E-state index contributed by atoms with van der Waals surface area (Å²) in [5, 5.41) is 34.6. The van der Waals surface area contributed by atoms with Gasteiger partial charge in [-0.3, -0.25) is 24.2 Å². The lowest BCUT2D eigenvalue weighted by molar-refractivity contribution is -0.145. The van der Waals surface area contributed by atoms with Gasteiger partial charge in [0.1, 0.15) is 12.1 Å². The number of guanidine groups is 1. The van der Waals surface area contributed by atoms with Crippen molar-refractivity contribution >= 4 is 35.6 Å². The van der Waals surface area contributed by atoms with Crippen molar-refractivity contribution in [1.29, 1.82) is 0 Å². The summed E-state index contributed by atoms with van der Waals surface area (Å²) in [5.74, 6) is -5.24. The Labute approximate surface area is 195 Å². The molecule has 0 aromatic carbocycles. The number of nitrogens with zero attached hydrogens (tertiary/aromatic N) is 1. The lowest BCUT2D eigenvalue weighted by Crippen LogP contribution is -2.59. The predicted molar refractivity (Wildman–Crippen MR) is 119 cm³/mol. The molecule has 0 bridgehead atoms. The van der Waals surface area contributed by atoms with Crippen LogP contribution in [0.3, 0.4) is 0 Å². The molecule has 34 heavy (non-hydrogen) atoms. The van der Waals surface area contributed by atoms with Gasteiger partial charge in [-0.05, 0) is 26.2 Å². The smallest absolute Gasteiger partial charge is 0.328 e. The summed E-state index contributed by atoms with van der Waals surface area (Å²) in [7, 11) is 0. The highest BCUT2D eigenvalue weighted by atomic mass is 16.4. The van der Waals surface area contributed by atoms with Crippen molar-refractivity contribution in [2.45, 2.75) is 62.9 Å². The lowest BCUT2D eigenvalue weighted by atomic mass is 10.1. The van der Waals surface area contributed by atoms with Crippen molar-refractivity contribution < 1.29 is 39.3 Å². The minimum atomic E-state index is -1.69. The number of carbonyl (C=O) groups excluding carboxylic acids is 4. The van der Waals surface area contributed by atoms with Crippen LogP contribution in [0.1, 0.15) is 32.6 Å². The first-order valence-electron chi connectivity index (χ1n) is 10.3. The minimum Gasteiger partial charge on any atom is -0.480 e. The molecule has 14 N–H and O–H groups in total. The number of primary amides is 1. The van der Waals surface area contributed by atoms with Crippen LogP contribution in [0.2, 0.25) is 0 Å². The average Bonchev–Trinajstić information content (AvgIpc) is 2.74. The quantitative estimate of drug-likeness (QED) is 0.0552. The molecule has 0 aliphatic heterocycles. The number of hydrogen-bond acceptors (Lipinski definition) is 9. The Morgan fingerprint density at radius 2 is 1.47 bits per heavy atom. The summed E-state index contributed by atoms with van der Waals surface area (Å²) in [6.07, 6.45) is -1.59. The summed E-state index contributed by atoms with van der Waals surface area (Å²) in [4.78, 5) is 63.3. The molecule has 4 amide bonds. The molecular formula is C18H34N8O8. The van der Waals surface area contributed by atoms with E-state index in [2.05, 4.69) is 15.6 Å². The molecule has 194 valence electrons. The largest absolute Gasteiger partial charge is 0.480 e. The van der Waals surface area contributed by atoms with E-state index < -0.39 is 66.5 Å². The number of carbonyl (C=O) groups is 5. The van der Waals surface area contributed by atoms with E-state index in [0.717, 1.165) is 6.92 Å². The van der Waals surface area contributed by atoms with Gasteiger partial charge in [-0.2, -0.15) is 0 Å². The third-order valence-electron chi connectivity index (χ3n) is 4.48. The molecular weight excluding hydrogens is 456 g/mol. The van der Waals surface area contributed by atoms with Crippen molar-refractivity contribution in [3.05, 3.63) is 0 Å². The van der Waals surface area contributed by atoms with E-state index in [0.29, 0.717) is 6.42 Å². The molecule has 0 radical (unpaired) electrons. The van der Waals surface area contributed by atoms with Crippen LogP contribution in [0.4, 0.5) is 0 Å². The number of rotatable bonds is 16. The first kappa shape index (κ1) is 30.5. The van der Waals surface area contributed by atoms with Crippen LogP contribution in [-0.4, -0.2) is 94.3 Å². The van der Waals surface area contributed by atoms with Crippen LogP contribution in [-0.2, 0) is 24.0 Å². The first-order valence-corrected chi connectivity index (χ1v) is 10.3. The van der Waals surface area contributed by atoms with Gasteiger partial charge in [0.05, 0.1) is 18.8 Å². The Hall–Kier alpha value is -3.50. The Balaban J connectivity index is 5.20. The minimum absolute atomic E-state index is 0.118. The maximum Gasteiger partial charge on any atom is 0.328 e. The van der Waals surface area contributed by atoms with E-state index in [1.807, 2.05) is 5.32 Å². The third kappa shape index (κ3) is 11.9. The number of nitrogens with one attached hydrogen (secondary N) is 3. The maximum atomic E-state index is 12.5. The number of aliphatic carboxylic acids is 1. The fourth-order valence-electron chi connectivity index (χ4n) is 2.59. The summed E-state index contributed by atoms with van der Waals surface area (Å²) in [6.45, 7) is 0.509. The summed E-state index contributed by atoms with van der Waals surface area (Å²) < 4.78 is 0. The van der Waals surface area contributed by atoms with E-state index in [9.17, 15) is 34.2 Å². The second-order valence-electron chi connectivity index (χ2n) is 7.43. The molecule has 0 fully saturated rings. The fourth-order valence-corrected chi connectivity index (χ4v) is 2.59. The molecule has 0 saturated heterocycles. The van der Waals surface area contributed by atoms with Crippen molar-refractivity contribution in [3.63, 3.8) is 0 Å². The molecule has 0 rings (SSSR count). The molecule has 0 aromatic heterocycles. The number of hydrogen-bond donors (Lipinski definition) is 10. The van der Waals surface area contributed by atoms with Crippen molar-refractivity contribution in [2.24, 2.45) is 27.9 Å². The van der Waals surface area contributed by atoms with Gasteiger partial charge < -0.3 is 54.2 Å². The number of carboxylic acid groups (broad SMARTS) is 1. The standard InChI is InChI=1S/C18H34N8O8/c1-8(28)13(17(33)34)26-15(31)10(4-5-12(20)29)24-16(32)11(7-27)25-14(30)9(19)3-2-6-23-18(21)22/h8-11,13,27-28H,2-7,19H2,1H3,(H2,20,29)(H,24,32)(H,25,30)(H,26,31)(H,33,34)(H4,21,22,23). The van der Waals surface area contributed by atoms with Crippen LogP contribution in [0, 0.1) is 0 Å². The molecule has 0 aliphatic rings. The number of nitrogens with two attached hydrogens (primary N) is 4. The number of aliphatic hydroxyl groups excluding tert-OH is 2. The molecule has 0 heterocycles. The van der Waals surface area contributed by atoms with E-state index in [4.69, 9.17) is 28.0 Å². The SMILES string of the molecule is CC(O)C(NC(=O)C(CCC(N)=O)NC(=O)C(CO)NC(=O)C(N)CCCN=C(N)N)C(=O)O. The number of aliphatic imine (C=N–C) groups is 1. The molecule has 0 spiro atoms. The molecule has 0 saturated carbocycles. The fraction of sp³-hybridized carbons (Fsp3) is 0.667. The molecule has 16 nitrogen and oxygen atoms in total. The number of aliphatic hydroxyl groups is 2. The van der Waals surface area contributed by atoms with E-state index in [-0.39, 0.29) is 31.8 Å². The monoisotopic (exact) mass is 490 g/mol. The highest BCUT2D eigenvalue weighted by molar-refractivity contribution is 5.94. The summed E-state index contributed by atoms with van der Waals surface area (Å²) in [5.41, 5.74) is 21.2. The van der Waals surface area contributed by atoms with Crippen LogP contribution in [0.15, 0.2) is 4.99 Å². The highest BCUT2D eigenvalue weighted by Gasteiger charge is 2.31. The van der Waals surface area contributed by atoms with Gasteiger partial charge in [0, 0.05) is 13.0 Å². The van der Waals surface area contributed by atoms with Gasteiger partial charge in [0.2, 0.25) is 23.6 Å². The first-order chi connectivity index (χ1) is 15.8. The van der Waals surface area contributed by atoms with Gasteiger partial charge in [-0.15, -0.1) is 0 Å². The van der Waals surface area contributed by atoms with Crippen LogP contribution in [0.5, 0.6) is 0 Å². The van der Waals surface area contributed by atoms with E-state index >= 15 is 0 Å². The highest BCUT2D eigenvalue weighted by Crippen LogP contribution is 2.03.